The van der Waals surface area contributed by atoms with Gasteiger partial charge in [-0.05, 0) is 35.9 Å². The zero-order valence-electron chi connectivity index (χ0n) is 11.7. The summed E-state index contributed by atoms with van der Waals surface area (Å²) in [5.74, 6) is -0.201. The summed E-state index contributed by atoms with van der Waals surface area (Å²) >= 11 is 5.83. The maximum Gasteiger partial charge on any atom is 0.248 e. The van der Waals surface area contributed by atoms with Gasteiger partial charge in [-0.3, -0.25) is 9.78 Å². The third kappa shape index (κ3) is 3.32. The number of amides is 1. The summed E-state index contributed by atoms with van der Waals surface area (Å²) in [6.45, 7) is 0. The third-order valence-electron chi connectivity index (χ3n) is 3.19. The molecule has 0 saturated carbocycles. The van der Waals surface area contributed by atoms with Gasteiger partial charge in [0.15, 0.2) is 0 Å². The van der Waals surface area contributed by atoms with Gasteiger partial charge in [0.05, 0.1) is 11.2 Å². The maximum atomic E-state index is 12.0. The molecule has 4 heteroatoms. The smallest absolute Gasteiger partial charge is 0.248 e. The number of fused-ring (bicyclic) bond motifs is 1. The van der Waals surface area contributed by atoms with E-state index in [1.807, 2.05) is 42.5 Å². The Bertz CT molecular complexity index is 836. The van der Waals surface area contributed by atoms with E-state index in [-0.39, 0.29) is 5.91 Å². The van der Waals surface area contributed by atoms with Crippen molar-refractivity contribution in [1.82, 2.24) is 4.98 Å². The van der Waals surface area contributed by atoms with Crippen LogP contribution in [0.15, 0.2) is 66.9 Å². The molecule has 1 amide bonds. The molecule has 3 rings (SSSR count). The highest BCUT2D eigenvalue weighted by Crippen LogP contribution is 2.20. The number of aromatic nitrogens is 1. The van der Waals surface area contributed by atoms with E-state index >= 15 is 0 Å². The summed E-state index contributed by atoms with van der Waals surface area (Å²) in [5.41, 5.74) is 2.39. The fourth-order valence-electron chi connectivity index (χ4n) is 2.13. The van der Waals surface area contributed by atoms with Gasteiger partial charge in [-0.2, -0.15) is 0 Å². The largest absolute Gasteiger partial charge is 0.321 e. The Hall–Kier alpha value is -2.65. The van der Waals surface area contributed by atoms with E-state index in [4.69, 9.17) is 11.6 Å². The van der Waals surface area contributed by atoms with Gasteiger partial charge in [-0.25, -0.2) is 0 Å². The van der Waals surface area contributed by atoms with Crippen LogP contribution in [0.4, 0.5) is 5.69 Å². The number of anilines is 1. The molecule has 1 heterocycles. The number of pyridine rings is 1. The van der Waals surface area contributed by atoms with Crippen molar-refractivity contribution in [2.24, 2.45) is 0 Å². The first-order chi connectivity index (χ1) is 10.7. The lowest BCUT2D eigenvalue weighted by atomic mass is 10.2. The molecule has 3 aromatic rings. The first kappa shape index (κ1) is 14.3. The SMILES string of the molecule is O=C(C=Cc1ccc(Cl)cc1)Nc1cccc2cccnc12. The number of carbonyl (C=O) groups is 1. The van der Waals surface area contributed by atoms with Crippen LogP contribution in [0.5, 0.6) is 0 Å². The predicted molar refractivity (Wildman–Crippen MR) is 90.9 cm³/mol. The van der Waals surface area contributed by atoms with E-state index in [9.17, 15) is 4.79 Å². The Balaban J connectivity index is 1.77. The second kappa shape index (κ2) is 6.41. The molecule has 0 atom stereocenters. The van der Waals surface area contributed by atoms with Gasteiger partial charge in [0.25, 0.3) is 0 Å². The number of carbonyl (C=O) groups excluding carboxylic acids is 1. The van der Waals surface area contributed by atoms with Crippen molar-refractivity contribution >= 4 is 40.2 Å². The molecule has 108 valence electrons. The summed E-state index contributed by atoms with van der Waals surface area (Å²) in [6.07, 6.45) is 4.94. The lowest BCUT2D eigenvalue weighted by Crippen LogP contribution is -2.08. The van der Waals surface area contributed by atoms with Gasteiger partial charge in [-0.15, -0.1) is 0 Å². The topological polar surface area (TPSA) is 42.0 Å². The molecule has 0 fully saturated rings. The number of para-hydroxylation sites is 1. The first-order valence-electron chi connectivity index (χ1n) is 6.81. The van der Waals surface area contributed by atoms with Crippen LogP contribution in [0, 0.1) is 0 Å². The Morgan fingerprint density at radius 1 is 1.05 bits per heavy atom. The molecule has 0 radical (unpaired) electrons. The highest BCUT2D eigenvalue weighted by atomic mass is 35.5. The summed E-state index contributed by atoms with van der Waals surface area (Å²) in [5, 5.41) is 4.51. The Kier molecular flexibility index (Phi) is 4.17. The van der Waals surface area contributed by atoms with Crippen LogP contribution in [-0.2, 0) is 4.79 Å². The number of rotatable bonds is 3. The van der Waals surface area contributed by atoms with Gasteiger partial charge in [0.2, 0.25) is 5.91 Å². The van der Waals surface area contributed by atoms with Crippen molar-refractivity contribution in [3.63, 3.8) is 0 Å². The lowest BCUT2D eigenvalue weighted by molar-refractivity contribution is -0.111. The molecule has 3 nitrogen and oxygen atoms in total. The predicted octanol–water partition coefficient (Wildman–Crippen LogP) is 4.54. The third-order valence-corrected chi connectivity index (χ3v) is 3.44. The maximum absolute atomic E-state index is 12.0. The molecule has 22 heavy (non-hydrogen) atoms. The summed E-state index contributed by atoms with van der Waals surface area (Å²) in [6, 6.07) is 16.8. The number of nitrogens with zero attached hydrogens (tertiary/aromatic N) is 1. The van der Waals surface area contributed by atoms with E-state index in [0.717, 1.165) is 16.5 Å². The van der Waals surface area contributed by atoms with Gasteiger partial charge < -0.3 is 5.32 Å². The molecule has 0 aliphatic rings. The van der Waals surface area contributed by atoms with Gasteiger partial charge in [0.1, 0.15) is 0 Å². The van der Waals surface area contributed by atoms with Crippen molar-refractivity contribution in [3.05, 3.63) is 77.5 Å². The normalized spacial score (nSPS) is 11.0. The molecule has 0 unspecified atom stereocenters. The zero-order chi connectivity index (χ0) is 15.4. The number of benzene rings is 2. The van der Waals surface area contributed by atoms with Crippen molar-refractivity contribution < 1.29 is 4.79 Å². The van der Waals surface area contributed by atoms with Crippen LogP contribution >= 0.6 is 11.6 Å². The summed E-state index contributed by atoms with van der Waals surface area (Å²) in [4.78, 5) is 16.4. The van der Waals surface area contributed by atoms with E-state index in [2.05, 4.69) is 10.3 Å². The minimum Gasteiger partial charge on any atom is -0.321 e. The summed E-state index contributed by atoms with van der Waals surface area (Å²) < 4.78 is 0. The number of nitrogens with one attached hydrogen (secondary N) is 1. The minimum atomic E-state index is -0.201. The quantitative estimate of drug-likeness (QED) is 0.722. The Morgan fingerprint density at radius 2 is 1.82 bits per heavy atom. The average Bonchev–Trinajstić information content (AvgIpc) is 2.55. The second-order valence-corrected chi connectivity index (χ2v) is 5.19. The Labute approximate surface area is 133 Å². The van der Waals surface area contributed by atoms with Crippen molar-refractivity contribution in [3.8, 4) is 0 Å². The van der Waals surface area contributed by atoms with E-state index in [1.165, 1.54) is 6.08 Å². The van der Waals surface area contributed by atoms with Crippen LogP contribution in [0.25, 0.3) is 17.0 Å². The van der Waals surface area contributed by atoms with Crippen LogP contribution in [0.3, 0.4) is 0 Å². The van der Waals surface area contributed by atoms with Crippen LogP contribution in [0.1, 0.15) is 5.56 Å². The molecule has 0 saturated heterocycles. The summed E-state index contributed by atoms with van der Waals surface area (Å²) in [7, 11) is 0. The van der Waals surface area contributed by atoms with E-state index in [1.54, 1.807) is 24.4 Å². The number of halogens is 1. The molecule has 0 aliphatic heterocycles. The fourth-order valence-corrected chi connectivity index (χ4v) is 2.25. The van der Waals surface area contributed by atoms with Crippen molar-refractivity contribution in [1.29, 1.82) is 0 Å². The van der Waals surface area contributed by atoms with Gasteiger partial charge >= 0.3 is 0 Å². The molecule has 0 spiro atoms. The molecule has 0 bridgehead atoms. The van der Waals surface area contributed by atoms with E-state index in [0.29, 0.717) is 10.7 Å². The zero-order valence-corrected chi connectivity index (χ0v) is 12.4. The second-order valence-electron chi connectivity index (χ2n) is 4.75. The van der Waals surface area contributed by atoms with Crippen LogP contribution in [-0.4, -0.2) is 10.9 Å². The number of hydrogen-bond donors (Lipinski definition) is 1. The van der Waals surface area contributed by atoms with Gasteiger partial charge in [0, 0.05) is 22.7 Å². The molecule has 1 N–H and O–H groups in total. The van der Waals surface area contributed by atoms with Crippen LogP contribution in [0.2, 0.25) is 5.02 Å². The van der Waals surface area contributed by atoms with E-state index < -0.39 is 0 Å². The standard InChI is InChI=1S/C18H13ClN2O/c19-15-9-6-13(7-10-15)8-11-17(22)21-16-5-1-3-14-4-2-12-20-18(14)16/h1-12H,(H,21,22). The lowest BCUT2D eigenvalue weighted by Gasteiger charge is -2.05. The monoisotopic (exact) mass is 308 g/mol. The highest BCUT2D eigenvalue weighted by molar-refractivity contribution is 6.30. The molecule has 2 aromatic carbocycles. The Morgan fingerprint density at radius 3 is 2.64 bits per heavy atom. The van der Waals surface area contributed by atoms with Crippen molar-refractivity contribution in [2.75, 3.05) is 5.32 Å². The molecule has 0 aliphatic carbocycles. The molecular formula is C18H13ClN2O. The van der Waals surface area contributed by atoms with Gasteiger partial charge in [-0.1, -0.05) is 41.9 Å². The minimum absolute atomic E-state index is 0.201. The number of hydrogen-bond acceptors (Lipinski definition) is 2. The molecule has 1 aromatic heterocycles. The highest BCUT2D eigenvalue weighted by Gasteiger charge is 2.03. The van der Waals surface area contributed by atoms with Crippen LogP contribution < -0.4 is 5.32 Å². The average molecular weight is 309 g/mol. The first-order valence-corrected chi connectivity index (χ1v) is 7.18. The van der Waals surface area contributed by atoms with Crippen molar-refractivity contribution in [2.45, 2.75) is 0 Å². The fraction of sp³-hybridized carbons (Fsp3) is 0. The molecular weight excluding hydrogens is 296 g/mol.